The summed E-state index contributed by atoms with van der Waals surface area (Å²) in [6.45, 7) is 2.34. The van der Waals surface area contributed by atoms with Gasteiger partial charge in [-0.05, 0) is 60.8 Å². The number of benzene rings is 2. The van der Waals surface area contributed by atoms with Gasteiger partial charge in [-0.2, -0.15) is 0 Å². The van der Waals surface area contributed by atoms with Crippen molar-refractivity contribution in [2.24, 2.45) is 17.8 Å². The maximum Gasteiger partial charge on any atom is 0.165 e. The van der Waals surface area contributed by atoms with Crippen molar-refractivity contribution < 1.29 is 9.50 Å². The number of hydrogen-bond donors (Lipinski definition) is 1. The average Bonchev–Trinajstić information content (AvgIpc) is 3.15. The smallest absolute Gasteiger partial charge is 0.165 e. The number of phenols is 1. The van der Waals surface area contributed by atoms with Gasteiger partial charge in [-0.3, -0.25) is 4.90 Å². The van der Waals surface area contributed by atoms with Crippen LogP contribution in [0.4, 0.5) is 4.39 Å². The molecule has 25 heavy (non-hydrogen) atoms. The molecule has 0 unspecified atom stereocenters. The van der Waals surface area contributed by atoms with E-state index in [-0.39, 0.29) is 5.75 Å². The first kappa shape index (κ1) is 16.9. The molecule has 1 heterocycles. The van der Waals surface area contributed by atoms with Crippen LogP contribution in [0.5, 0.6) is 5.75 Å². The van der Waals surface area contributed by atoms with Crippen LogP contribution in [0.3, 0.4) is 0 Å². The van der Waals surface area contributed by atoms with Crippen LogP contribution in [0.1, 0.15) is 18.4 Å². The van der Waals surface area contributed by atoms with E-state index >= 15 is 0 Å². The molecule has 4 rings (SSSR count). The van der Waals surface area contributed by atoms with Crippen LogP contribution in [0.25, 0.3) is 0 Å². The third kappa shape index (κ3) is 4.01. The van der Waals surface area contributed by atoms with Gasteiger partial charge in [-0.1, -0.05) is 30.3 Å². The lowest BCUT2D eigenvalue weighted by Crippen LogP contribution is -2.22. The highest BCUT2D eigenvalue weighted by atomic mass is 32.2. The summed E-state index contributed by atoms with van der Waals surface area (Å²) in [5, 5.41) is 9.27. The van der Waals surface area contributed by atoms with Crippen LogP contribution < -0.4 is 0 Å². The molecule has 1 aliphatic carbocycles. The molecule has 1 saturated carbocycles. The van der Waals surface area contributed by atoms with E-state index in [2.05, 4.69) is 35.2 Å². The third-order valence-corrected chi connectivity index (χ3v) is 6.71. The summed E-state index contributed by atoms with van der Waals surface area (Å²) in [7, 11) is 0. The molecule has 3 atom stereocenters. The zero-order chi connectivity index (χ0) is 17.2. The molecule has 0 spiro atoms. The molecule has 0 amide bonds. The van der Waals surface area contributed by atoms with Gasteiger partial charge in [0.05, 0.1) is 0 Å². The van der Waals surface area contributed by atoms with Gasteiger partial charge in [0.15, 0.2) is 11.6 Å². The van der Waals surface area contributed by atoms with E-state index in [0.29, 0.717) is 0 Å². The molecule has 1 saturated heterocycles. The highest BCUT2D eigenvalue weighted by Gasteiger charge is 2.40. The molecule has 2 aromatic rings. The minimum Gasteiger partial charge on any atom is -0.505 e. The lowest BCUT2D eigenvalue weighted by Gasteiger charge is -2.18. The number of rotatable bonds is 5. The predicted octanol–water partition coefficient (Wildman–Crippen LogP) is 4.78. The fourth-order valence-electron chi connectivity index (χ4n) is 4.49. The van der Waals surface area contributed by atoms with Gasteiger partial charge >= 0.3 is 0 Å². The van der Waals surface area contributed by atoms with Gasteiger partial charge in [0.1, 0.15) is 0 Å². The first-order valence-electron chi connectivity index (χ1n) is 9.05. The molecule has 0 aromatic heterocycles. The summed E-state index contributed by atoms with van der Waals surface area (Å²) < 4.78 is 13.4. The van der Waals surface area contributed by atoms with E-state index in [1.807, 2.05) is 0 Å². The summed E-state index contributed by atoms with van der Waals surface area (Å²) >= 11 is 1.66. The average molecular weight is 357 g/mol. The van der Waals surface area contributed by atoms with Crippen LogP contribution in [0.15, 0.2) is 53.4 Å². The van der Waals surface area contributed by atoms with Crippen LogP contribution in [0, 0.1) is 23.6 Å². The number of phenolic OH excluding ortho intramolecular Hbond substituents is 1. The topological polar surface area (TPSA) is 23.5 Å². The Morgan fingerprint density at radius 1 is 1.04 bits per heavy atom. The van der Waals surface area contributed by atoms with Crippen LogP contribution in [0.2, 0.25) is 0 Å². The molecule has 1 aliphatic heterocycles. The Bertz CT molecular complexity index is 709. The number of nitrogens with zero attached hydrogens (tertiary/aromatic N) is 1. The second-order valence-electron chi connectivity index (χ2n) is 7.47. The number of hydrogen-bond acceptors (Lipinski definition) is 3. The van der Waals surface area contributed by atoms with E-state index in [9.17, 15) is 9.50 Å². The van der Waals surface area contributed by atoms with Gasteiger partial charge in [-0.25, -0.2) is 4.39 Å². The summed E-state index contributed by atoms with van der Waals surface area (Å²) in [6.07, 6.45) is 3.90. The number of likely N-dealkylation sites (tertiary alicyclic amines) is 1. The van der Waals surface area contributed by atoms with Gasteiger partial charge in [-0.15, -0.1) is 11.8 Å². The molecule has 4 heteroatoms. The Balaban J connectivity index is 1.26. The van der Waals surface area contributed by atoms with Crippen LogP contribution in [-0.2, 0) is 6.42 Å². The zero-order valence-electron chi connectivity index (χ0n) is 14.3. The van der Waals surface area contributed by atoms with Crippen LogP contribution >= 0.6 is 11.8 Å². The fraction of sp³-hybridized carbons (Fsp3) is 0.429. The fourth-order valence-corrected chi connectivity index (χ4v) is 5.38. The molecular formula is C21H24FNOS. The van der Waals surface area contributed by atoms with Crippen molar-refractivity contribution in [1.29, 1.82) is 0 Å². The summed E-state index contributed by atoms with van der Waals surface area (Å²) in [4.78, 5) is 3.39. The monoisotopic (exact) mass is 357 g/mol. The lowest BCUT2D eigenvalue weighted by molar-refractivity contribution is 0.341. The minimum absolute atomic E-state index is 0.274. The molecule has 2 fully saturated rings. The van der Waals surface area contributed by atoms with Gasteiger partial charge in [0.2, 0.25) is 0 Å². The molecule has 0 radical (unpaired) electrons. The number of fused-ring (bicyclic) bond motifs is 1. The van der Waals surface area contributed by atoms with E-state index in [1.165, 1.54) is 50.0 Å². The summed E-state index contributed by atoms with van der Waals surface area (Å²) in [5.41, 5.74) is 1.47. The molecule has 2 aromatic carbocycles. The number of thioether (sulfide) groups is 1. The van der Waals surface area contributed by atoms with E-state index in [1.54, 1.807) is 17.8 Å². The Morgan fingerprint density at radius 3 is 2.44 bits per heavy atom. The van der Waals surface area contributed by atoms with E-state index in [0.717, 1.165) is 28.5 Å². The van der Waals surface area contributed by atoms with Crippen molar-refractivity contribution in [3.8, 4) is 5.75 Å². The maximum absolute atomic E-state index is 13.4. The number of halogens is 1. The first-order valence-corrected chi connectivity index (χ1v) is 10.0. The molecule has 2 aliphatic rings. The molecule has 1 N–H and O–H groups in total. The second kappa shape index (κ2) is 7.38. The zero-order valence-corrected chi connectivity index (χ0v) is 15.1. The Hall–Kier alpha value is -1.52. The van der Waals surface area contributed by atoms with Crippen LogP contribution in [-0.4, -0.2) is 29.0 Å². The van der Waals surface area contributed by atoms with E-state index in [4.69, 9.17) is 0 Å². The van der Waals surface area contributed by atoms with Gasteiger partial charge in [0, 0.05) is 23.9 Å². The van der Waals surface area contributed by atoms with Crippen molar-refractivity contribution >= 4 is 11.8 Å². The quantitative estimate of drug-likeness (QED) is 0.779. The predicted molar refractivity (Wildman–Crippen MR) is 100 cm³/mol. The van der Waals surface area contributed by atoms with Gasteiger partial charge < -0.3 is 5.11 Å². The Morgan fingerprint density at radius 2 is 1.76 bits per heavy atom. The number of aromatic hydroxyl groups is 1. The summed E-state index contributed by atoms with van der Waals surface area (Å²) in [5.74, 6) is 2.58. The van der Waals surface area contributed by atoms with E-state index < -0.39 is 5.82 Å². The maximum atomic E-state index is 13.4. The molecule has 132 valence electrons. The molecular weight excluding hydrogens is 333 g/mol. The van der Waals surface area contributed by atoms with Crippen molar-refractivity contribution in [3.05, 3.63) is 59.9 Å². The lowest BCUT2D eigenvalue weighted by atomic mass is 9.96. The standard InChI is InChI=1S/C21H24FNOS/c22-20-11-19(6-7-21(20)24)25-14-23-12-17-9-16(10-18(17)13-23)8-15-4-2-1-3-5-15/h1-7,11,16-18,24H,8-10,12-14H2/t16-,17+,18-. The van der Waals surface area contributed by atoms with Crippen molar-refractivity contribution in [2.45, 2.75) is 24.2 Å². The minimum atomic E-state index is -0.535. The summed E-state index contributed by atoms with van der Waals surface area (Å²) in [6, 6.07) is 15.5. The molecule has 0 bridgehead atoms. The highest BCUT2D eigenvalue weighted by molar-refractivity contribution is 7.99. The SMILES string of the molecule is Oc1ccc(SCN2C[C@H]3C[C@H](Cc4ccccc4)C[C@H]3C2)cc1F. The Kier molecular flexibility index (Phi) is 5.00. The Labute approximate surface area is 153 Å². The van der Waals surface area contributed by atoms with Crippen molar-refractivity contribution in [3.63, 3.8) is 0 Å². The normalized spacial score (nSPS) is 26.0. The van der Waals surface area contributed by atoms with Gasteiger partial charge in [0.25, 0.3) is 0 Å². The van der Waals surface area contributed by atoms with Crippen molar-refractivity contribution in [2.75, 3.05) is 19.0 Å². The third-order valence-electron chi connectivity index (χ3n) is 5.62. The second-order valence-corrected chi connectivity index (χ2v) is 8.49. The first-order chi connectivity index (χ1) is 12.2. The molecule has 2 nitrogen and oxygen atoms in total. The highest BCUT2D eigenvalue weighted by Crippen LogP contribution is 2.43. The largest absolute Gasteiger partial charge is 0.505 e. The van der Waals surface area contributed by atoms with Crippen molar-refractivity contribution in [1.82, 2.24) is 4.90 Å².